The Morgan fingerprint density at radius 3 is 2.78 bits per heavy atom. The number of ether oxygens (including phenoxy) is 1. The van der Waals surface area contributed by atoms with Crippen LogP contribution in [0, 0.1) is 0 Å². The van der Waals surface area contributed by atoms with E-state index in [4.69, 9.17) is 16.3 Å². The van der Waals surface area contributed by atoms with E-state index < -0.39 is 0 Å². The van der Waals surface area contributed by atoms with Crippen LogP contribution in [0.2, 0.25) is 5.02 Å². The van der Waals surface area contributed by atoms with Gasteiger partial charge in [-0.2, -0.15) is 5.10 Å². The first-order valence-corrected chi connectivity index (χ1v) is 6.07. The van der Waals surface area contributed by atoms with Crippen molar-refractivity contribution in [2.45, 2.75) is 13.0 Å². The van der Waals surface area contributed by atoms with Crippen LogP contribution in [0.25, 0.3) is 0 Å². The molecule has 1 atom stereocenters. The van der Waals surface area contributed by atoms with Crippen molar-refractivity contribution >= 4 is 17.3 Å². The smallest absolute Gasteiger partial charge is 0.142 e. The van der Waals surface area contributed by atoms with E-state index >= 15 is 0 Å². The molecule has 2 aromatic rings. The van der Waals surface area contributed by atoms with Gasteiger partial charge >= 0.3 is 0 Å². The normalized spacial score (nSPS) is 12.2. The van der Waals surface area contributed by atoms with Gasteiger partial charge in [-0.05, 0) is 31.2 Å². The molecule has 1 aromatic carbocycles. The van der Waals surface area contributed by atoms with Crippen molar-refractivity contribution in [2.75, 3.05) is 12.4 Å². The fourth-order valence-corrected chi connectivity index (χ4v) is 2.08. The van der Waals surface area contributed by atoms with Crippen molar-refractivity contribution in [3.8, 4) is 5.75 Å². The van der Waals surface area contributed by atoms with Gasteiger partial charge in [0.25, 0.3) is 0 Å². The highest BCUT2D eigenvalue weighted by Crippen LogP contribution is 2.30. The maximum absolute atomic E-state index is 6.00. The molecule has 0 aliphatic carbocycles. The van der Waals surface area contributed by atoms with Crippen LogP contribution in [0.3, 0.4) is 0 Å². The van der Waals surface area contributed by atoms with Crippen LogP contribution in [0.15, 0.2) is 30.5 Å². The number of anilines is 1. The second-order valence-electron chi connectivity index (χ2n) is 4.09. The van der Waals surface area contributed by atoms with Gasteiger partial charge in [-0.3, -0.25) is 4.68 Å². The number of nitrogens with zero attached hydrogens (tertiary/aromatic N) is 2. The van der Waals surface area contributed by atoms with Crippen LogP contribution in [-0.4, -0.2) is 16.9 Å². The van der Waals surface area contributed by atoms with Gasteiger partial charge in [-0.25, -0.2) is 0 Å². The maximum atomic E-state index is 6.00. The molecule has 1 heterocycles. The minimum atomic E-state index is 0.116. The molecule has 1 unspecified atom stereocenters. The zero-order valence-corrected chi connectivity index (χ0v) is 11.4. The topological polar surface area (TPSA) is 39.1 Å². The van der Waals surface area contributed by atoms with Gasteiger partial charge in [0.2, 0.25) is 0 Å². The molecule has 5 heteroatoms. The van der Waals surface area contributed by atoms with Gasteiger partial charge in [0.05, 0.1) is 24.5 Å². The first-order valence-electron chi connectivity index (χ1n) is 5.70. The molecule has 18 heavy (non-hydrogen) atoms. The Hall–Kier alpha value is -1.68. The number of hydrogen-bond acceptors (Lipinski definition) is 3. The first-order chi connectivity index (χ1) is 8.61. The third kappa shape index (κ3) is 2.59. The predicted octanol–water partition coefficient (Wildman–Crippen LogP) is 3.26. The van der Waals surface area contributed by atoms with E-state index in [1.165, 1.54) is 0 Å². The fraction of sp³-hybridized carbons (Fsp3) is 0.308. The third-order valence-electron chi connectivity index (χ3n) is 2.84. The zero-order chi connectivity index (χ0) is 13.1. The van der Waals surface area contributed by atoms with Gasteiger partial charge in [0, 0.05) is 18.3 Å². The molecule has 96 valence electrons. The van der Waals surface area contributed by atoms with Crippen molar-refractivity contribution in [1.29, 1.82) is 0 Å². The van der Waals surface area contributed by atoms with Crippen LogP contribution >= 0.6 is 11.6 Å². The summed E-state index contributed by atoms with van der Waals surface area (Å²) >= 11 is 6.00. The lowest BCUT2D eigenvalue weighted by molar-refractivity contribution is 0.416. The molecule has 4 nitrogen and oxygen atoms in total. The summed E-state index contributed by atoms with van der Waals surface area (Å²) in [6.07, 6.45) is 1.78. The van der Waals surface area contributed by atoms with Crippen molar-refractivity contribution < 1.29 is 4.74 Å². The molecule has 0 saturated carbocycles. The van der Waals surface area contributed by atoms with Gasteiger partial charge in [-0.15, -0.1) is 0 Å². The highest BCUT2D eigenvalue weighted by Gasteiger charge is 2.12. The van der Waals surface area contributed by atoms with Gasteiger partial charge in [0.1, 0.15) is 5.75 Å². The summed E-state index contributed by atoms with van der Waals surface area (Å²) in [5, 5.41) is 8.21. The average Bonchev–Trinajstić information content (AvgIpc) is 2.76. The molecular weight excluding hydrogens is 250 g/mol. The van der Waals surface area contributed by atoms with E-state index in [1.54, 1.807) is 19.4 Å². The van der Waals surface area contributed by atoms with E-state index in [2.05, 4.69) is 17.3 Å². The number of methoxy groups -OCH3 is 1. The quantitative estimate of drug-likeness (QED) is 0.922. The number of benzene rings is 1. The van der Waals surface area contributed by atoms with Crippen molar-refractivity contribution in [3.63, 3.8) is 0 Å². The van der Waals surface area contributed by atoms with Gasteiger partial charge in [-0.1, -0.05) is 11.6 Å². The average molecular weight is 266 g/mol. The van der Waals surface area contributed by atoms with E-state index in [9.17, 15) is 0 Å². The van der Waals surface area contributed by atoms with Crippen LogP contribution in [0.5, 0.6) is 5.75 Å². The summed E-state index contributed by atoms with van der Waals surface area (Å²) in [6, 6.07) is 7.60. The highest BCUT2D eigenvalue weighted by molar-refractivity contribution is 6.30. The summed E-state index contributed by atoms with van der Waals surface area (Å²) in [6.45, 7) is 2.07. The van der Waals surface area contributed by atoms with Crippen LogP contribution < -0.4 is 10.1 Å². The maximum Gasteiger partial charge on any atom is 0.142 e. The van der Waals surface area contributed by atoms with Gasteiger partial charge in [0.15, 0.2) is 0 Å². The van der Waals surface area contributed by atoms with E-state index in [0.717, 1.165) is 17.1 Å². The number of rotatable bonds is 4. The van der Waals surface area contributed by atoms with Crippen LogP contribution in [0.1, 0.15) is 18.7 Å². The second kappa shape index (κ2) is 5.31. The fourth-order valence-electron chi connectivity index (χ4n) is 1.91. The molecule has 0 aliphatic rings. The Balaban J connectivity index is 2.23. The summed E-state index contributed by atoms with van der Waals surface area (Å²) < 4.78 is 7.15. The minimum Gasteiger partial charge on any atom is -0.495 e. The number of aromatic nitrogens is 2. The van der Waals surface area contributed by atoms with E-state index in [1.807, 2.05) is 29.9 Å². The zero-order valence-electron chi connectivity index (χ0n) is 10.6. The Labute approximate surface area is 112 Å². The monoisotopic (exact) mass is 265 g/mol. The SMILES string of the molecule is COc1ccc(Cl)cc1NC(C)c1ccnn1C. The van der Waals surface area contributed by atoms with E-state index in [0.29, 0.717) is 5.02 Å². The lowest BCUT2D eigenvalue weighted by Gasteiger charge is -2.18. The standard InChI is InChI=1S/C13H16ClN3O/c1-9(12-6-7-15-17(12)2)16-11-8-10(14)4-5-13(11)18-3/h4-9,16H,1-3H3. The van der Waals surface area contributed by atoms with Crippen LogP contribution in [0.4, 0.5) is 5.69 Å². The molecule has 0 bridgehead atoms. The Bertz CT molecular complexity index is 539. The number of nitrogens with one attached hydrogen (secondary N) is 1. The van der Waals surface area contributed by atoms with E-state index in [-0.39, 0.29) is 6.04 Å². The molecule has 0 amide bonds. The lowest BCUT2D eigenvalue weighted by Crippen LogP contribution is -2.11. The highest BCUT2D eigenvalue weighted by atomic mass is 35.5. The molecule has 1 N–H and O–H groups in total. The molecule has 0 saturated heterocycles. The van der Waals surface area contributed by atoms with Crippen molar-refractivity contribution in [1.82, 2.24) is 9.78 Å². The minimum absolute atomic E-state index is 0.116. The number of aryl methyl sites for hydroxylation is 1. The van der Waals surface area contributed by atoms with Crippen molar-refractivity contribution in [2.24, 2.45) is 7.05 Å². The summed E-state index contributed by atoms with van der Waals surface area (Å²) in [4.78, 5) is 0. The first kappa shape index (κ1) is 12.8. The molecule has 0 aliphatic heterocycles. The summed E-state index contributed by atoms with van der Waals surface area (Å²) in [5.41, 5.74) is 1.97. The molecular formula is C13H16ClN3O. The van der Waals surface area contributed by atoms with Gasteiger partial charge < -0.3 is 10.1 Å². The molecule has 1 aromatic heterocycles. The number of hydrogen-bond donors (Lipinski definition) is 1. The Morgan fingerprint density at radius 2 is 2.17 bits per heavy atom. The Kier molecular flexibility index (Phi) is 3.77. The molecule has 0 radical (unpaired) electrons. The lowest BCUT2D eigenvalue weighted by atomic mass is 10.2. The predicted molar refractivity (Wildman–Crippen MR) is 73.2 cm³/mol. The summed E-state index contributed by atoms with van der Waals surface area (Å²) in [5.74, 6) is 0.772. The largest absolute Gasteiger partial charge is 0.495 e. The van der Waals surface area contributed by atoms with Crippen LogP contribution in [-0.2, 0) is 7.05 Å². The molecule has 2 rings (SSSR count). The molecule has 0 fully saturated rings. The molecule has 0 spiro atoms. The Morgan fingerprint density at radius 1 is 1.39 bits per heavy atom. The van der Waals surface area contributed by atoms with Crippen molar-refractivity contribution in [3.05, 3.63) is 41.2 Å². The number of halogens is 1. The third-order valence-corrected chi connectivity index (χ3v) is 3.07. The summed E-state index contributed by atoms with van der Waals surface area (Å²) in [7, 11) is 3.56. The second-order valence-corrected chi connectivity index (χ2v) is 4.53.